The molecule has 1 aliphatic heterocycles. The van der Waals surface area contributed by atoms with Crippen LogP contribution < -0.4 is 0 Å². The molecule has 8 heteroatoms. The van der Waals surface area contributed by atoms with Crippen LogP contribution in [0.2, 0.25) is 0 Å². The summed E-state index contributed by atoms with van der Waals surface area (Å²) in [5, 5.41) is 13.8. The second-order valence-electron chi connectivity index (χ2n) is 6.73. The monoisotopic (exact) mass is 369 g/mol. The van der Waals surface area contributed by atoms with Crippen LogP contribution >= 0.6 is 11.3 Å². The number of imidazole rings is 1. The molecule has 6 nitrogen and oxygen atoms in total. The third-order valence-electron chi connectivity index (χ3n) is 4.40. The van der Waals surface area contributed by atoms with E-state index in [1.807, 2.05) is 21.4 Å². The van der Waals surface area contributed by atoms with Crippen molar-refractivity contribution >= 4 is 21.4 Å². The van der Waals surface area contributed by atoms with Gasteiger partial charge < -0.3 is 9.67 Å². The van der Waals surface area contributed by atoms with Gasteiger partial charge in [0.05, 0.1) is 6.33 Å². The molecule has 0 unspecified atom stereocenters. The Kier molecular flexibility index (Phi) is 5.10. The normalized spacial score (nSPS) is 22.5. The summed E-state index contributed by atoms with van der Waals surface area (Å²) in [5.41, 5.74) is 1.10. The van der Waals surface area contributed by atoms with Crippen LogP contribution in [0.5, 0.6) is 0 Å². The number of aromatic nitrogens is 2. The fourth-order valence-corrected chi connectivity index (χ4v) is 5.39. The molecule has 2 atom stereocenters. The van der Waals surface area contributed by atoms with Gasteiger partial charge in [-0.1, -0.05) is 13.8 Å². The molecule has 132 valence electrons. The summed E-state index contributed by atoms with van der Waals surface area (Å²) in [7, 11) is -3.63. The van der Waals surface area contributed by atoms with Crippen molar-refractivity contribution in [3.63, 3.8) is 0 Å². The smallest absolute Gasteiger partial charge is 0.262 e. The lowest BCUT2D eigenvalue weighted by Crippen LogP contribution is -2.29. The van der Waals surface area contributed by atoms with Crippen LogP contribution in [0.1, 0.15) is 25.3 Å². The molecule has 0 aliphatic carbocycles. The van der Waals surface area contributed by atoms with Gasteiger partial charge in [0, 0.05) is 44.3 Å². The Balaban J connectivity index is 1.81. The predicted molar refractivity (Wildman–Crippen MR) is 93.5 cm³/mol. The van der Waals surface area contributed by atoms with Gasteiger partial charge in [-0.05, 0) is 28.3 Å². The first-order chi connectivity index (χ1) is 11.4. The van der Waals surface area contributed by atoms with E-state index in [4.69, 9.17) is 0 Å². The highest BCUT2D eigenvalue weighted by Crippen LogP contribution is 2.36. The van der Waals surface area contributed by atoms with E-state index in [1.54, 1.807) is 23.9 Å². The minimum Gasteiger partial charge on any atom is -0.396 e. The van der Waals surface area contributed by atoms with Gasteiger partial charge in [-0.3, -0.25) is 0 Å². The molecule has 0 aromatic carbocycles. The standard InChI is InChI=1S/C16H23N3O3S2/c1-12(2)5-18-8-16(17-11-18)24(21,22)19-6-14(9-20)15(7-19)13-3-4-23-10-13/h3-4,8,10-12,14-15,20H,5-7,9H2,1-2H3/t14-,15-/m0/s1. The molecule has 2 aromatic heterocycles. The molecule has 24 heavy (non-hydrogen) atoms. The van der Waals surface area contributed by atoms with E-state index in [9.17, 15) is 13.5 Å². The van der Waals surface area contributed by atoms with Crippen molar-refractivity contribution in [2.75, 3.05) is 19.7 Å². The van der Waals surface area contributed by atoms with E-state index >= 15 is 0 Å². The molecule has 3 rings (SSSR count). The van der Waals surface area contributed by atoms with Crippen LogP contribution in [0.15, 0.2) is 34.4 Å². The Morgan fingerprint density at radius 2 is 2.21 bits per heavy atom. The topological polar surface area (TPSA) is 75.4 Å². The van der Waals surface area contributed by atoms with Crippen molar-refractivity contribution in [3.05, 3.63) is 34.9 Å². The average molecular weight is 370 g/mol. The quantitative estimate of drug-likeness (QED) is 0.845. The SMILES string of the molecule is CC(C)Cn1cnc(S(=O)(=O)N2C[C@@H](CO)[C@H](c3ccsc3)C2)c1. The molecule has 0 radical (unpaired) electrons. The summed E-state index contributed by atoms with van der Waals surface area (Å²) >= 11 is 1.59. The first-order valence-electron chi connectivity index (χ1n) is 8.06. The zero-order chi connectivity index (χ0) is 17.3. The van der Waals surface area contributed by atoms with Crippen molar-refractivity contribution in [3.8, 4) is 0 Å². The van der Waals surface area contributed by atoms with E-state index in [1.165, 1.54) is 4.31 Å². The number of nitrogens with zero attached hydrogens (tertiary/aromatic N) is 3. The summed E-state index contributed by atoms with van der Waals surface area (Å²) in [6.45, 7) is 5.59. The Bertz CT molecular complexity index is 768. The van der Waals surface area contributed by atoms with Crippen LogP contribution in [0.4, 0.5) is 0 Å². The van der Waals surface area contributed by atoms with Gasteiger partial charge in [-0.15, -0.1) is 0 Å². The van der Waals surface area contributed by atoms with Crippen LogP contribution in [0.3, 0.4) is 0 Å². The van der Waals surface area contributed by atoms with E-state index in [-0.39, 0.29) is 23.5 Å². The lowest BCUT2D eigenvalue weighted by Gasteiger charge is -2.14. The Morgan fingerprint density at radius 1 is 1.42 bits per heavy atom. The van der Waals surface area contributed by atoms with Gasteiger partial charge in [-0.2, -0.15) is 15.6 Å². The Morgan fingerprint density at radius 3 is 2.83 bits per heavy atom. The van der Waals surface area contributed by atoms with Crippen molar-refractivity contribution in [1.29, 1.82) is 0 Å². The minimum atomic E-state index is -3.63. The zero-order valence-electron chi connectivity index (χ0n) is 13.9. The lowest BCUT2D eigenvalue weighted by atomic mass is 9.92. The Labute approximate surface area is 146 Å². The third-order valence-corrected chi connectivity index (χ3v) is 6.82. The van der Waals surface area contributed by atoms with Crippen molar-refractivity contribution < 1.29 is 13.5 Å². The van der Waals surface area contributed by atoms with Crippen molar-refractivity contribution in [2.24, 2.45) is 11.8 Å². The molecule has 2 aromatic rings. The number of sulfonamides is 1. The third kappa shape index (κ3) is 3.42. The molecule has 3 heterocycles. The lowest BCUT2D eigenvalue weighted by molar-refractivity contribution is 0.223. The predicted octanol–water partition coefficient (Wildman–Crippen LogP) is 2.00. The highest BCUT2D eigenvalue weighted by molar-refractivity contribution is 7.89. The van der Waals surface area contributed by atoms with E-state index in [2.05, 4.69) is 18.8 Å². The van der Waals surface area contributed by atoms with E-state index in [0.717, 1.165) is 12.1 Å². The fraction of sp³-hybridized carbons (Fsp3) is 0.562. The number of hydrogen-bond donors (Lipinski definition) is 1. The molecular weight excluding hydrogens is 346 g/mol. The summed E-state index contributed by atoms with van der Waals surface area (Å²) in [6.07, 6.45) is 3.17. The largest absolute Gasteiger partial charge is 0.396 e. The highest BCUT2D eigenvalue weighted by Gasteiger charge is 2.40. The average Bonchev–Trinajstić information content (AvgIpc) is 3.26. The van der Waals surface area contributed by atoms with Crippen LogP contribution in [-0.2, 0) is 16.6 Å². The number of hydrogen-bond acceptors (Lipinski definition) is 5. The van der Waals surface area contributed by atoms with Gasteiger partial charge in [0.15, 0.2) is 5.03 Å². The summed E-state index contributed by atoms with van der Waals surface area (Å²) in [5.74, 6) is 0.379. The molecule has 0 bridgehead atoms. The highest BCUT2D eigenvalue weighted by atomic mass is 32.2. The summed E-state index contributed by atoms with van der Waals surface area (Å²) in [6, 6.07) is 2.01. The van der Waals surface area contributed by atoms with Crippen LogP contribution in [0.25, 0.3) is 0 Å². The maximum Gasteiger partial charge on any atom is 0.262 e. The first-order valence-corrected chi connectivity index (χ1v) is 10.4. The minimum absolute atomic E-state index is 0.0195. The summed E-state index contributed by atoms with van der Waals surface area (Å²) < 4.78 is 29.0. The second-order valence-corrected chi connectivity index (χ2v) is 9.40. The van der Waals surface area contributed by atoms with E-state index in [0.29, 0.717) is 19.0 Å². The van der Waals surface area contributed by atoms with Gasteiger partial charge in [0.25, 0.3) is 10.0 Å². The molecule has 1 aliphatic rings. The van der Waals surface area contributed by atoms with Gasteiger partial charge in [0.2, 0.25) is 0 Å². The van der Waals surface area contributed by atoms with Crippen LogP contribution in [-0.4, -0.2) is 47.1 Å². The fourth-order valence-electron chi connectivity index (χ4n) is 3.20. The van der Waals surface area contributed by atoms with Gasteiger partial charge in [-0.25, -0.2) is 13.4 Å². The maximum atomic E-state index is 12.9. The summed E-state index contributed by atoms with van der Waals surface area (Å²) in [4.78, 5) is 4.10. The number of rotatable bonds is 6. The Hall–Kier alpha value is -1.22. The zero-order valence-corrected chi connectivity index (χ0v) is 15.5. The molecule has 1 fully saturated rings. The number of aliphatic hydroxyl groups excluding tert-OH is 1. The maximum absolute atomic E-state index is 12.9. The van der Waals surface area contributed by atoms with Crippen molar-refractivity contribution in [2.45, 2.75) is 31.3 Å². The molecule has 0 spiro atoms. The molecule has 1 saturated heterocycles. The van der Waals surface area contributed by atoms with E-state index < -0.39 is 10.0 Å². The number of thiophene rings is 1. The molecule has 0 saturated carbocycles. The second kappa shape index (κ2) is 6.95. The first kappa shape index (κ1) is 17.6. The van der Waals surface area contributed by atoms with Gasteiger partial charge in [0.1, 0.15) is 0 Å². The van der Waals surface area contributed by atoms with Crippen molar-refractivity contribution in [1.82, 2.24) is 13.9 Å². The van der Waals surface area contributed by atoms with Crippen LogP contribution in [0, 0.1) is 11.8 Å². The molecular formula is C16H23N3O3S2. The molecule has 1 N–H and O–H groups in total. The molecule has 0 amide bonds. The van der Waals surface area contributed by atoms with Gasteiger partial charge >= 0.3 is 0 Å². The number of aliphatic hydroxyl groups is 1.